The van der Waals surface area contributed by atoms with E-state index in [2.05, 4.69) is 13.3 Å². The standard InChI is InChI=1S/3C5H5.C4H10O.2CO.Ru.Ti/c3*1-2-4-5-3-1;1-4(2,3)5;2*1-2;;/h3*1-5H;5H,1-3H3;;;;/q;;;;;;+1;+2. The van der Waals surface area contributed by atoms with Gasteiger partial charge in [-0.2, -0.15) is 0 Å². The second-order valence-corrected chi connectivity index (χ2v) is 5.06. The van der Waals surface area contributed by atoms with Crippen LogP contribution in [0.25, 0.3) is 0 Å². The number of rotatable bonds is 0. The molecule has 0 aromatic carbocycles. The molecule has 3 rings (SSSR count). The zero-order valence-electron chi connectivity index (χ0n) is 15.3. The summed E-state index contributed by atoms with van der Waals surface area (Å²) in [5.74, 6) is 0. The third-order valence-electron chi connectivity index (χ3n) is 1.67. The van der Waals surface area contributed by atoms with E-state index in [1.165, 1.54) is 0 Å². The van der Waals surface area contributed by atoms with Gasteiger partial charge in [0.05, 0.1) is 5.60 Å². The Morgan fingerprint density at radius 3 is 0.577 bits per heavy atom. The average molecular weight is 474 g/mol. The van der Waals surface area contributed by atoms with Crippen molar-refractivity contribution in [3.05, 3.63) is 110 Å². The van der Waals surface area contributed by atoms with Crippen LogP contribution >= 0.6 is 0 Å². The van der Waals surface area contributed by atoms with Gasteiger partial charge in [0.25, 0.3) is 0 Å². The Kier molecular flexibility index (Phi) is 48.2. The fraction of sp³-hybridized carbons (Fsp3) is 0.190. The van der Waals surface area contributed by atoms with Crippen molar-refractivity contribution >= 4 is 0 Å². The van der Waals surface area contributed by atoms with Crippen LogP contribution in [0.15, 0.2) is 0 Å². The quantitative estimate of drug-likeness (QED) is 0.325. The summed E-state index contributed by atoms with van der Waals surface area (Å²) in [6.07, 6.45) is 30.0. The Hall–Kier alpha value is 0.778. The van der Waals surface area contributed by atoms with Crippen molar-refractivity contribution in [1.82, 2.24) is 0 Å². The Labute approximate surface area is 190 Å². The Bertz CT molecular complexity index is 192. The van der Waals surface area contributed by atoms with Crippen LogP contribution in [0.4, 0.5) is 0 Å². The van der Waals surface area contributed by atoms with Gasteiger partial charge < -0.3 is 5.11 Å². The molecule has 3 nitrogen and oxygen atoms in total. The minimum absolute atomic E-state index is 0. The van der Waals surface area contributed by atoms with Crippen LogP contribution in [0, 0.1) is 110 Å². The van der Waals surface area contributed by atoms with E-state index < -0.39 is 5.60 Å². The molecule has 16 radical (unpaired) electrons. The van der Waals surface area contributed by atoms with E-state index >= 15 is 0 Å². The van der Waals surface area contributed by atoms with E-state index in [0.717, 1.165) is 0 Å². The van der Waals surface area contributed by atoms with Crippen molar-refractivity contribution in [2.75, 3.05) is 0 Å². The molecule has 0 bridgehead atoms. The molecule has 0 aliphatic heterocycles. The average Bonchev–Trinajstić information content (AvgIpc) is 3.38. The molecule has 3 aliphatic rings. The van der Waals surface area contributed by atoms with Gasteiger partial charge in [-0.05, 0) is 117 Å². The summed E-state index contributed by atoms with van der Waals surface area (Å²) in [4.78, 5) is 0. The van der Waals surface area contributed by atoms with E-state index in [4.69, 9.17) is 14.4 Å². The predicted molar refractivity (Wildman–Crippen MR) is 94.3 cm³/mol. The van der Waals surface area contributed by atoms with Crippen LogP contribution in [0.3, 0.4) is 0 Å². The minimum atomic E-state index is -0.500. The molecular weight excluding hydrogens is 449 g/mol. The predicted octanol–water partition coefficient (Wildman–Crippen LogP) is 3.76. The van der Waals surface area contributed by atoms with E-state index in [1.54, 1.807) is 20.8 Å². The summed E-state index contributed by atoms with van der Waals surface area (Å²) < 4.78 is 15.0. The first-order chi connectivity index (χ1) is 11.5. The molecule has 0 unspecified atom stereocenters. The van der Waals surface area contributed by atoms with Crippen LogP contribution in [0.5, 0.6) is 0 Å². The molecule has 5 heteroatoms. The Balaban J connectivity index is -0.0000000692. The summed E-state index contributed by atoms with van der Waals surface area (Å²) in [6.45, 7) is 14.2. The molecular formula is C21H25O3RuTi+3. The van der Waals surface area contributed by atoms with Crippen molar-refractivity contribution in [1.29, 1.82) is 0 Å². The second kappa shape index (κ2) is 33.4. The number of hydrogen-bond acceptors (Lipinski definition) is 1. The molecule has 0 heterocycles. The van der Waals surface area contributed by atoms with Crippen molar-refractivity contribution < 1.29 is 55.6 Å². The molecule has 3 aliphatic carbocycles. The van der Waals surface area contributed by atoms with Gasteiger partial charge in [-0.25, -0.2) is 0 Å². The van der Waals surface area contributed by atoms with Crippen molar-refractivity contribution in [3.63, 3.8) is 0 Å². The fourth-order valence-electron chi connectivity index (χ4n) is 0.962. The van der Waals surface area contributed by atoms with Gasteiger partial charge >= 0.3 is 63.8 Å². The fourth-order valence-corrected chi connectivity index (χ4v) is 0.962. The molecule has 26 heavy (non-hydrogen) atoms. The molecule has 136 valence electrons. The molecule has 0 atom stereocenters. The maximum atomic E-state index is 8.52. The van der Waals surface area contributed by atoms with Crippen molar-refractivity contribution in [2.24, 2.45) is 0 Å². The van der Waals surface area contributed by atoms with E-state index in [0.29, 0.717) is 0 Å². The van der Waals surface area contributed by atoms with Gasteiger partial charge in [0.2, 0.25) is 0 Å². The van der Waals surface area contributed by atoms with Crippen LogP contribution in [-0.2, 0) is 50.5 Å². The molecule has 0 aromatic heterocycles. The van der Waals surface area contributed by atoms with Crippen molar-refractivity contribution in [2.45, 2.75) is 26.4 Å². The first-order valence-corrected chi connectivity index (χ1v) is 7.13. The summed E-state index contributed by atoms with van der Waals surface area (Å²) >= 11 is 0. The van der Waals surface area contributed by atoms with E-state index in [1.807, 2.05) is 96.3 Å². The molecule has 3 fully saturated rings. The first kappa shape index (κ1) is 37.5. The molecule has 0 spiro atoms. The maximum absolute atomic E-state index is 8.52. The smallest absolute Gasteiger partial charge is 0.0312 e. The first-order valence-electron chi connectivity index (χ1n) is 7.13. The van der Waals surface area contributed by atoms with Gasteiger partial charge in [0.1, 0.15) is 0 Å². The monoisotopic (exact) mass is 475 g/mol. The third kappa shape index (κ3) is 56.3. The zero-order valence-corrected chi connectivity index (χ0v) is 18.6. The Morgan fingerprint density at radius 1 is 0.500 bits per heavy atom. The van der Waals surface area contributed by atoms with Gasteiger partial charge in [0, 0.05) is 0 Å². The topological polar surface area (TPSA) is 60.0 Å². The third-order valence-corrected chi connectivity index (χ3v) is 1.67. The van der Waals surface area contributed by atoms with Crippen molar-refractivity contribution in [3.8, 4) is 0 Å². The number of hydrogen-bond donors (Lipinski definition) is 1. The maximum Gasteiger partial charge on any atom is 2.00 e. The number of aliphatic hydroxyl groups is 1. The van der Waals surface area contributed by atoms with E-state index in [9.17, 15) is 0 Å². The van der Waals surface area contributed by atoms with Gasteiger partial charge in [0.15, 0.2) is 0 Å². The molecule has 0 aromatic rings. The summed E-state index contributed by atoms with van der Waals surface area (Å²) in [6, 6.07) is 0. The van der Waals surface area contributed by atoms with Crippen LogP contribution in [-0.4, -0.2) is 10.7 Å². The molecule has 3 saturated carbocycles. The van der Waals surface area contributed by atoms with Gasteiger partial charge in [-0.3, -0.25) is 0 Å². The Morgan fingerprint density at radius 2 is 0.538 bits per heavy atom. The molecule has 0 amide bonds. The van der Waals surface area contributed by atoms with Gasteiger partial charge in [-0.1, -0.05) is 0 Å². The van der Waals surface area contributed by atoms with Crippen LogP contribution in [0.2, 0.25) is 0 Å². The van der Waals surface area contributed by atoms with E-state index in [-0.39, 0.29) is 41.2 Å². The zero-order chi connectivity index (χ0) is 19.1. The summed E-state index contributed by atoms with van der Waals surface area (Å²) in [5.41, 5.74) is -0.500. The van der Waals surface area contributed by atoms with Gasteiger partial charge in [-0.15, -0.1) is 0 Å². The normalized spacial score (nSPS) is 16.3. The molecule has 0 saturated heterocycles. The minimum Gasteiger partial charge on any atom is -0.0312 e. The summed E-state index contributed by atoms with van der Waals surface area (Å²) in [7, 11) is 0. The SMILES string of the molecule is CC(C)(C)O.[C-]#[O+].[C-]#[O+].[CH]1[CH][CH][CH][CH]1.[CH]1[CH][CH][CH][CH]1.[CH]1[CH][CH][CH][CH]1.[Ru+].[Ti+2]. The second-order valence-electron chi connectivity index (χ2n) is 5.06. The molecule has 1 N–H and O–H groups in total. The van der Waals surface area contributed by atoms with Crippen LogP contribution < -0.4 is 0 Å². The van der Waals surface area contributed by atoms with Crippen LogP contribution in [0.1, 0.15) is 20.8 Å². The summed E-state index contributed by atoms with van der Waals surface area (Å²) in [5, 5.41) is 8.52. The largest absolute Gasteiger partial charge is 2.00 e.